The summed E-state index contributed by atoms with van der Waals surface area (Å²) in [5.41, 5.74) is 2.17. The van der Waals surface area contributed by atoms with Crippen molar-refractivity contribution in [3.63, 3.8) is 0 Å². The zero-order valence-electron chi connectivity index (χ0n) is 13.8. The van der Waals surface area contributed by atoms with Crippen molar-refractivity contribution in [2.24, 2.45) is 0 Å². The summed E-state index contributed by atoms with van der Waals surface area (Å²) in [5, 5.41) is 12.0. The normalized spacial score (nSPS) is 14.9. The highest BCUT2D eigenvalue weighted by atomic mass is 16.5. The molecule has 0 aromatic heterocycles. The minimum atomic E-state index is -1.05. The molecule has 3 rings (SSSR count). The first kappa shape index (κ1) is 17.1. The predicted octanol–water partition coefficient (Wildman–Crippen LogP) is 2.47. The molecule has 2 aromatic rings. The van der Waals surface area contributed by atoms with Gasteiger partial charge in [0, 0.05) is 30.9 Å². The van der Waals surface area contributed by atoms with E-state index in [1.165, 1.54) is 12.1 Å². The molecule has 6 heteroatoms. The standard InChI is InChI=1S/C19H20N2O4/c22-18(14-5-3-6-15(12-14)19(23)24)20-17-7-2-1-4-16(17)13-21-8-10-25-11-9-21/h1-7,12H,8-11,13H2,(H,20,22)(H,23,24). The first-order valence-electron chi connectivity index (χ1n) is 8.16. The summed E-state index contributed by atoms with van der Waals surface area (Å²) in [6, 6.07) is 13.7. The number of para-hydroxylation sites is 1. The molecule has 1 aliphatic rings. The maximum absolute atomic E-state index is 12.5. The molecule has 0 saturated carbocycles. The molecule has 1 fully saturated rings. The second-order valence-corrected chi connectivity index (χ2v) is 5.89. The van der Waals surface area contributed by atoms with Gasteiger partial charge in [-0.1, -0.05) is 24.3 Å². The monoisotopic (exact) mass is 340 g/mol. The predicted molar refractivity (Wildman–Crippen MR) is 93.9 cm³/mol. The molecule has 0 atom stereocenters. The lowest BCUT2D eigenvalue weighted by atomic mass is 10.1. The Morgan fingerprint density at radius 3 is 2.52 bits per heavy atom. The number of morpholine rings is 1. The molecule has 2 aromatic carbocycles. The number of carboxylic acid groups (broad SMARTS) is 1. The van der Waals surface area contributed by atoms with Crippen LogP contribution in [0.2, 0.25) is 0 Å². The average Bonchev–Trinajstić information content (AvgIpc) is 2.64. The Bertz CT molecular complexity index is 770. The van der Waals surface area contributed by atoms with Crippen molar-refractivity contribution in [2.75, 3.05) is 31.6 Å². The van der Waals surface area contributed by atoms with Crippen LogP contribution in [-0.2, 0) is 11.3 Å². The lowest BCUT2D eigenvalue weighted by Crippen LogP contribution is -2.35. The van der Waals surface area contributed by atoms with Crippen molar-refractivity contribution in [2.45, 2.75) is 6.54 Å². The SMILES string of the molecule is O=C(O)c1cccc(C(=O)Nc2ccccc2CN2CCOCC2)c1. The number of amides is 1. The van der Waals surface area contributed by atoms with E-state index in [9.17, 15) is 9.59 Å². The lowest BCUT2D eigenvalue weighted by Gasteiger charge is -2.27. The van der Waals surface area contributed by atoms with Gasteiger partial charge in [0.05, 0.1) is 18.8 Å². The van der Waals surface area contributed by atoms with Gasteiger partial charge < -0.3 is 15.2 Å². The third-order valence-corrected chi connectivity index (χ3v) is 4.13. The van der Waals surface area contributed by atoms with E-state index in [4.69, 9.17) is 9.84 Å². The Labute approximate surface area is 146 Å². The van der Waals surface area contributed by atoms with Crippen LogP contribution in [0.15, 0.2) is 48.5 Å². The minimum absolute atomic E-state index is 0.0919. The second kappa shape index (κ2) is 7.92. The highest BCUT2D eigenvalue weighted by Crippen LogP contribution is 2.19. The number of hydrogen-bond acceptors (Lipinski definition) is 4. The van der Waals surface area contributed by atoms with Gasteiger partial charge in [-0.2, -0.15) is 0 Å². The molecule has 2 N–H and O–H groups in total. The van der Waals surface area contributed by atoms with Crippen LogP contribution >= 0.6 is 0 Å². The van der Waals surface area contributed by atoms with E-state index in [0.717, 1.165) is 44.1 Å². The maximum atomic E-state index is 12.5. The zero-order chi connectivity index (χ0) is 17.6. The van der Waals surface area contributed by atoms with Gasteiger partial charge in [-0.05, 0) is 29.8 Å². The Morgan fingerprint density at radius 2 is 1.76 bits per heavy atom. The van der Waals surface area contributed by atoms with Crippen molar-refractivity contribution in [1.82, 2.24) is 4.90 Å². The number of aromatic carboxylic acids is 1. The van der Waals surface area contributed by atoms with Crippen LogP contribution in [0, 0.1) is 0 Å². The third-order valence-electron chi connectivity index (χ3n) is 4.13. The fourth-order valence-electron chi connectivity index (χ4n) is 2.77. The Morgan fingerprint density at radius 1 is 1.04 bits per heavy atom. The number of carbonyl (C=O) groups is 2. The Hall–Kier alpha value is -2.70. The van der Waals surface area contributed by atoms with Gasteiger partial charge in [-0.3, -0.25) is 9.69 Å². The maximum Gasteiger partial charge on any atom is 0.335 e. The van der Waals surface area contributed by atoms with E-state index < -0.39 is 5.97 Å². The molecule has 0 aliphatic carbocycles. The molecule has 1 saturated heterocycles. The molecule has 130 valence electrons. The fourth-order valence-corrected chi connectivity index (χ4v) is 2.77. The van der Waals surface area contributed by atoms with E-state index in [2.05, 4.69) is 10.2 Å². The number of carboxylic acids is 1. The first-order chi connectivity index (χ1) is 12.1. The molecule has 0 radical (unpaired) electrons. The summed E-state index contributed by atoms with van der Waals surface area (Å²) in [5.74, 6) is -1.38. The van der Waals surface area contributed by atoms with Gasteiger partial charge >= 0.3 is 5.97 Å². The van der Waals surface area contributed by atoms with Crippen molar-refractivity contribution < 1.29 is 19.4 Å². The van der Waals surface area contributed by atoms with Gasteiger partial charge in [0.25, 0.3) is 5.91 Å². The van der Waals surface area contributed by atoms with E-state index in [1.54, 1.807) is 12.1 Å². The first-order valence-corrected chi connectivity index (χ1v) is 8.16. The quantitative estimate of drug-likeness (QED) is 0.874. The topological polar surface area (TPSA) is 78.9 Å². The summed E-state index contributed by atoms with van der Waals surface area (Å²) in [6.07, 6.45) is 0. The number of anilines is 1. The van der Waals surface area contributed by atoms with E-state index >= 15 is 0 Å². The molecule has 0 unspecified atom stereocenters. The Kier molecular flexibility index (Phi) is 5.42. The van der Waals surface area contributed by atoms with Crippen LogP contribution < -0.4 is 5.32 Å². The number of carbonyl (C=O) groups excluding carboxylic acids is 1. The number of nitrogens with one attached hydrogen (secondary N) is 1. The summed E-state index contributed by atoms with van der Waals surface area (Å²) < 4.78 is 5.36. The highest BCUT2D eigenvalue weighted by molar-refractivity contribution is 6.05. The van der Waals surface area contributed by atoms with Crippen molar-refractivity contribution in [3.05, 3.63) is 65.2 Å². The second-order valence-electron chi connectivity index (χ2n) is 5.89. The van der Waals surface area contributed by atoms with Crippen LogP contribution in [0.5, 0.6) is 0 Å². The van der Waals surface area contributed by atoms with Crippen LogP contribution in [0.3, 0.4) is 0 Å². The van der Waals surface area contributed by atoms with E-state index in [1.807, 2.05) is 24.3 Å². The number of nitrogens with zero attached hydrogens (tertiary/aromatic N) is 1. The molecule has 0 bridgehead atoms. The van der Waals surface area contributed by atoms with Gasteiger partial charge in [-0.15, -0.1) is 0 Å². The molecular formula is C19H20N2O4. The summed E-state index contributed by atoms with van der Waals surface area (Å²) in [4.78, 5) is 25.8. The van der Waals surface area contributed by atoms with Crippen LogP contribution in [-0.4, -0.2) is 48.2 Å². The summed E-state index contributed by atoms with van der Waals surface area (Å²) in [6.45, 7) is 3.90. The molecule has 1 amide bonds. The van der Waals surface area contributed by atoms with Crippen LogP contribution in [0.4, 0.5) is 5.69 Å². The minimum Gasteiger partial charge on any atom is -0.478 e. The van der Waals surface area contributed by atoms with Gasteiger partial charge in [0.2, 0.25) is 0 Å². The highest BCUT2D eigenvalue weighted by Gasteiger charge is 2.15. The molecule has 1 heterocycles. The van der Waals surface area contributed by atoms with E-state index in [-0.39, 0.29) is 11.5 Å². The molecular weight excluding hydrogens is 320 g/mol. The molecule has 6 nitrogen and oxygen atoms in total. The van der Waals surface area contributed by atoms with Crippen molar-refractivity contribution in [3.8, 4) is 0 Å². The lowest BCUT2D eigenvalue weighted by molar-refractivity contribution is 0.0342. The van der Waals surface area contributed by atoms with Crippen molar-refractivity contribution >= 4 is 17.6 Å². The number of hydrogen-bond donors (Lipinski definition) is 2. The largest absolute Gasteiger partial charge is 0.478 e. The molecule has 0 spiro atoms. The van der Waals surface area contributed by atoms with E-state index in [0.29, 0.717) is 5.56 Å². The number of benzene rings is 2. The zero-order valence-corrected chi connectivity index (χ0v) is 13.8. The average molecular weight is 340 g/mol. The number of rotatable bonds is 5. The van der Waals surface area contributed by atoms with Gasteiger partial charge in [0.15, 0.2) is 0 Å². The Balaban J connectivity index is 1.75. The number of ether oxygens (including phenoxy) is 1. The van der Waals surface area contributed by atoms with Crippen LogP contribution in [0.25, 0.3) is 0 Å². The molecule has 1 aliphatic heterocycles. The molecule has 25 heavy (non-hydrogen) atoms. The summed E-state index contributed by atoms with van der Waals surface area (Å²) in [7, 11) is 0. The summed E-state index contributed by atoms with van der Waals surface area (Å²) >= 11 is 0. The van der Waals surface area contributed by atoms with Gasteiger partial charge in [-0.25, -0.2) is 4.79 Å². The van der Waals surface area contributed by atoms with Gasteiger partial charge in [0.1, 0.15) is 0 Å². The fraction of sp³-hybridized carbons (Fsp3) is 0.263. The smallest absolute Gasteiger partial charge is 0.335 e. The van der Waals surface area contributed by atoms with Crippen molar-refractivity contribution in [1.29, 1.82) is 0 Å². The third kappa shape index (κ3) is 4.43. The van der Waals surface area contributed by atoms with Crippen LogP contribution in [0.1, 0.15) is 26.3 Å².